The molecule has 0 saturated heterocycles. The van der Waals surface area contributed by atoms with Crippen molar-refractivity contribution in [2.24, 2.45) is 10.7 Å². The molecule has 1 aliphatic heterocycles. The minimum absolute atomic E-state index is 0.0746. The second kappa shape index (κ2) is 11.5. The van der Waals surface area contributed by atoms with Crippen LogP contribution in [0.2, 0.25) is 0 Å². The van der Waals surface area contributed by atoms with Gasteiger partial charge in [-0.25, -0.2) is 13.2 Å². The lowest BCUT2D eigenvalue weighted by molar-refractivity contribution is -0.145. The maximum absolute atomic E-state index is 14.2. The van der Waals surface area contributed by atoms with Crippen LogP contribution in [0.3, 0.4) is 0 Å². The number of carbonyl (C=O) groups excluding carboxylic acids is 2. The summed E-state index contributed by atoms with van der Waals surface area (Å²) >= 11 is 0. The summed E-state index contributed by atoms with van der Waals surface area (Å²) in [6.45, 7) is -0.759. The average molecular weight is 590 g/mol. The van der Waals surface area contributed by atoms with Crippen LogP contribution in [0.4, 0.5) is 26.3 Å². The van der Waals surface area contributed by atoms with Gasteiger partial charge in [0, 0.05) is 17.8 Å². The van der Waals surface area contributed by atoms with Crippen molar-refractivity contribution >= 4 is 23.6 Å². The molecule has 0 unspecified atom stereocenters. The standard InChI is InChI=1S/C29H25F6N5O2/c30-17-9-15(10-18(31)13-17)11-24(26-19(4-2-8-37-26)16-6-7-22(32)21(12-16)28(36)42)38-25(41)14-40-27(29(33,34)35)20-3-1-5-23(20)39-40/h6-10,12-13,24H,1-5,11,14H2,(H2,36,42)(H,38,41)/t24-/m0/s1. The SMILES string of the molecule is NC(=O)c1cc(C2=C([C@H](Cc3cc(F)cc(F)c3)NC(=O)Cn3nc4c(c3C(F)(F)F)CCC4)N=CCC2)ccc1F. The van der Waals surface area contributed by atoms with E-state index in [0.29, 0.717) is 53.3 Å². The van der Waals surface area contributed by atoms with Crippen LogP contribution >= 0.6 is 0 Å². The first-order valence-electron chi connectivity index (χ1n) is 13.2. The Hall–Kier alpha value is -4.42. The Kier molecular flexibility index (Phi) is 7.93. The Morgan fingerprint density at radius 2 is 1.76 bits per heavy atom. The number of halogens is 6. The maximum atomic E-state index is 14.2. The van der Waals surface area contributed by atoms with Gasteiger partial charge in [0.1, 0.15) is 29.7 Å². The molecule has 13 heteroatoms. The number of carbonyl (C=O) groups is 2. The Morgan fingerprint density at radius 1 is 1.02 bits per heavy atom. The molecule has 2 aliphatic rings. The normalized spacial score (nSPS) is 15.6. The largest absolute Gasteiger partial charge is 0.433 e. The summed E-state index contributed by atoms with van der Waals surface area (Å²) in [5.41, 5.74) is 5.59. The fourth-order valence-corrected chi connectivity index (χ4v) is 5.51. The van der Waals surface area contributed by atoms with Crippen LogP contribution in [0.15, 0.2) is 47.1 Å². The smallest absolute Gasteiger partial charge is 0.366 e. The van der Waals surface area contributed by atoms with Gasteiger partial charge >= 0.3 is 6.18 Å². The van der Waals surface area contributed by atoms with Gasteiger partial charge in [0.25, 0.3) is 5.91 Å². The summed E-state index contributed by atoms with van der Waals surface area (Å²) in [7, 11) is 0. The van der Waals surface area contributed by atoms with E-state index in [0.717, 1.165) is 18.2 Å². The molecule has 0 bridgehead atoms. The summed E-state index contributed by atoms with van der Waals surface area (Å²) < 4.78 is 84.6. The molecule has 0 spiro atoms. The monoisotopic (exact) mass is 589 g/mol. The predicted octanol–water partition coefficient (Wildman–Crippen LogP) is 4.91. The van der Waals surface area contributed by atoms with E-state index in [-0.39, 0.29) is 35.2 Å². The van der Waals surface area contributed by atoms with Gasteiger partial charge in [-0.05, 0) is 79.5 Å². The van der Waals surface area contributed by atoms with Crippen molar-refractivity contribution in [2.45, 2.75) is 57.3 Å². The first-order valence-corrected chi connectivity index (χ1v) is 13.2. The number of nitrogens with one attached hydrogen (secondary N) is 1. The Morgan fingerprint density at radius 3 is 2.45 bits per heavy atom. The second-order valence-corrected chi connectivity index (χ2v) is 10.2. The molecule has 1 aromatic heterocycles. The number of amides is 2. The number of fused-ring (bicyclic) bond motifs is 1. The molecule has 0 saturated carbocycles. The quantitative estimate of drug-likeness (QED) is 0.365. The van der Waals surface area contributed by atoms with Crippen LogP contribution in [0.5, 0.6) is 0 Å². The van der Waals surface area contributed by atoms with Gasteiger partial charge in [-0.1, -0.05) is 6.07 Å². The van der Waals surface area contributed by atoms with E-state index in [9.17, 15) is 35.9 Å². The highest BCUT2D eigenvalue weighted by atomic mass is 19.4. The van der Waals surface area contributed by atoms with E-state index in [1.165, 1.54) is 12.1 Å². The number of nitrogens with two attached hydrogens (primary N) is 1. The van der Waals surface area contributed by atoms with Gasteiger partial charge in [-0.15, -0.1) is 0 Å². The first kappa shape index (κ1) is 29.1. The molecule has 1 aliphatic carbocycles. The molecule has 2 heterocycles. The van der Waals surface area contributed by atoms with Crippen LogP contribution < -0.4 is 11.1 Å². The summed E-state index contributed by atoms with van der Waals surface area (Å²) in [5.74, 6) is -4.39. The average Bonchev–Trinajstić information content (AvgIpc) is 3.48. The highest BCUT2D eigenvalue weighted by Crippen LogP contribution is 2.37. The van der Waals surface area contributed by atoms with E-state index in [4.69, 9.17) is 5.73 Å². The van der Waals surface area contributed by atoms with Gasteiger partial charge < -0.3 is 11.1 Å². The van der Waals surface area contributed by atoms with E-state index in [1.54, 1.807) is 6.21 Å². The minimum Gasteiger partial charge on any atom is -0.366 e. The Bertz CT molecular complexity index is 1600. The van der Waals surface area contributed by atoms with Crippen LogP contribution in [0, 0.1) is 17.5 Å². The fourth-order valence-electron chi connectivity index (χ4n) is 5.51. The molecule has 2 amide bonds. The topological polar surface area (TPSA) is 102 Å². The van der Waals surface area contributed by atoms with Crippen molar-refractivity contribution in [1.82, 2.24) is 15.1 Å². The molecule has 0 radical (unpaired) electrons. The third-order valence-electron chi connectivity index (χ3n) is 7.21. The van der Waals surface area contributed by atoms with Crippen LogP contribution in [-0.2, 0) is 36.8 Å². The van der Waals surface area contributed by atoms with Crippen molar-refractivity contribution in [3.63, 3.8) is 0 Å². The molecule has 2 aromatic carbocycles. The molecule has 5 rings (SSSR count). The van der Waals surface area contributed by atoms with E-state index in [2.05, 4.69) is 15.4 Å². The number of nitrogens with zero attached hydrogens (tertiary/aromatic N) is 3. The van der Waals surface area contributed by atoms with Gasteiger partial charge in [0.15, 0.2) is 0 Å². The number of allylic oxidation sites excluding steroid dienone is 1. The number of benzene rings is 2. The van der Waals surface area contributed by atoms with Crippen molar-refractivity contribution in [3.8, 4) is 0 Å². The maximum Gasteiger partial charge on any atom is 0.433 e. The number of rotatable bonds is 8. The van der Waals surface area contributed by atoms with Crippen LogP contribution in [-0.4, -0.2) is 33.9 Å². The number of alkyl halides is 3. The molecule has 0 fully saturated rings. The third-order valence-corrected chi connectivity index (χ3v) is 7.21. The van der Waals surface area contributed by atoms with Crippen molar-refractivity contribution in [1.29, 1.82) is 0 Å². The predicted molar refractivity (Wildman–Crippen MR) is 141 cm³/mol. The number of aromatic nitrogens is 2. The van der Waals surface area contributed by atoms with Gasteiger partial charge in [-0.3, -0.25) is 19.3 Å². The fraction of sp³-hybridized carbons (Fsp3) is 0.310. The first-order chi connectivity index (χ1) is 19.9. The molecule has 3 aromatic rings. The van der Waals surface area contributed by atoms with Crippen molar-refractivity contribution < 1.29 is 35.9 Å². The van der Waals surface area contributed by atoms with E-state index < -0.39 is 53.7 Å². The summed E-state index contributed by atoms with van der Waals surface area (Å²) in [5, 5.41) is 6.70. The van der Waals surface area contributed by atoms with Crippen molar-refractivity contribution in [3.05, 3.63) is 93.2 Å². The summed E-state index contributed by atoms with van der Waals surface area (Å²) in [6.07, 6.45) is -1.44. The number of hydrogen-bond acceptors (Lipinski definition) is 4. The molecule has 42 heavy (non-hydrogen) atoms. The van der Waals surface area contributed by atoms with Crippen molar-refractivity contribution in [2.75, 3.05) is 0 Å². The molecular formula is C29H25F6N5O2. The number of primary amides is 1. The Balaban J connectivity index is 1.53. The zero-order valence-electron chi connectivity index (χ0n) is 22.1. The highest BCUT2D eigenvalue weighted by molar-refractivity contribution is 5.94. The molecule has 7 nitrogen and oxygen atoms in total. The molecule has 220 valence electrons. The summed E-state index contributed by atoms with van der Waals surface area (Å²) in [6, 6.07) is 5.46. The lowest BCUT2D eigenvalue weighted by atomic mass is 9.91. The van der Waals surface area contributed by atoms with E-state index in [1.807, 2.05) is 0 Å². The lowest BCUT2D eigenvalue weighted by Crippen LogP contribution is -2.41. The lowest BCUT2D eigenvalue weighted by Gasteiger charge is -2.25. The Labute approximate surface area is 236 Å². The molecule has 1 atom stereocenters. The molecule has 3 N–H and O–H groups in total. The van der Waals surface area contributed by atoms with E-state index >= 15 is 0 Å². The third kappa shape index (κ3) is 6.09. The van der Waals surface area contributed by atoms with Gasteiger partial charge in [-0.2, -0.15) is 18.3 Å². The number of hydrogen-bond donors (Lipinski definition) is 2. The van der Waals surface area contributed by atoms with Gasteiger partial charge in [0.2, 0.25) is 5.91 Å². The summed E-state index contributed by atoms with van der Waals surface area (Å²) in [4.78, 5) is 29.4. The zero-order chi connectivity index (χ0) is 30.2. The number of aryl methyl sites for hydroxylation is 1. The van der Waals surface area contributed by atoms with Gasteiger partial charge in [0.05, 0.1) is 23.0 Å². The zero-order valence-corrected chi connectivity index (χ0v) is 22.1. The minimum atomic E-state index is -4.73. The highest BCUT2D eigenvalue weighted by Gasteiger charge is 2.41. The van der Waals surface area contributed by atoms with Crippen LogP contribution in [0.25, 0.3) is 5.57 Å². The second-order valence-electron chi connectivity index (χ2n) is 10.2. The van der Waals surface area contributed by atoms with Crippen LogP contribution in [0.1, 0.15) is 57.7 Å². The molecular weight excluding hydrogens is 564 g/mol. The number of aliphatic imine (C=N–C) groups is 1.